The third kappa shape index (κ3) is 4.61. The molecule has 0 bridgehead atoms. The van der Waals surface area contributed by atoms with Crippen molar-refractivity contribution < 1.29 is 14.3 Å². The number of nitrogens with one attached hydrogen (secondary N) is 1. The van der Waals surface area contributed by atoms with Gasteiger partial charge in [0.25, 0.3) is 0 Å². The maximum Gasteiger partial charge on any atom is 0.411 e. The summed E-state index contributed by atoms with van der Waals surface area (Å²) in [5.74, 6) is 0. The van der Waals surface area contributed by atoms with Crippen molar-refractivity contribution in [2.24, 2.45) is 0 Å². The summed E-state index contributed by atoms with van der Waals surface area (Å²) in [5, 5.41) is 3.11. The van der Waals surface area contributed by atoms with Gasteiger partial charge in [0.15, 0.2) is 5.60 Å². The fourth-order valence-corrected chi connectivity index (χ4v) is 5.69. The summed E-state index contributed by atoms with van der Waals surface area (Å²) in [6.07, 6.45) is 3.47. The van der Waals surface area contributed by atoms with E-state index < -0.39 is 5.60 Å². The number of hydrogen-bond acceptors (Lipinski definition) is 4. The van der Waals surface area contributed by atoms with Gasteiger partial charge < -0.3 is 19.9 Å². The number of urea groups is 1. The molecule has 2 aromatic carbocycles. The molecule has 35 heavy (non-hydrogen) atoms. The number of hydrogen-bond donors (Lipinski definition) is 1. The number of piperazine rings is 1. The van der Waals surface area contributed by atoms with E-state index in [2.05, 4.69) is 34.5 Å². The van der Waals surface area contributed by atoms with Gasteiger partial charge in [-0.1, -0.05) is 66.1 Å². The van der Waals surface area contributed by atoms with Gasteiger partial charge in [-0.05, 0) is 39.8 Å². The monoisotopic (exact) mass is 476 g/mol. The van der Waals surface area contributed by atoms with Crippen LogP contribution in [0.15, 0.2) is 48.5 Å². The largest absolute Gasteiger partial charge is 0.431 e. The molecule has 3 heterocycles. The second kappa shape index (κ2) is 9.90. The van der Waals surface area contributed by atoms with Gasteiger partial charge in [0, 0.05) is 43.9 Å². The average Bonchev–Trinajstić information content (AvgIpc) is 3.18. The number of fused-ring (bicyclic) bond motifs is 1. The molecule has 2 aromatic rings. The normalized spacial score (nSPS) is 22.0. The first-order chi connectivity index (χ1) is 17.0. The molecule has 0 saturated carbocycles. The standard InChI is InChI=1S/C28H36N4O3/c1-21-6-10-23(11-7-21)28(24-12-8-22(2)9-13-24)25-20-31(18-19-32(25)27(34)35-28)26(33)29-14-17-30-15-4-3-5-16-30/h6-13,25H,3-5,14-20H2,1-2H3,(H,29,33). The topological polar surface area (TPSA) is 65.1 Å². The zero-order chi connectivity index (χ0) is 24.4. The molecule has 0 aromatic heterocycles. The van der Waals surface area contributed by atoms with E-state index in [4.69, 9.17) is 4.74 Å². The van der Waals surface area contributed by atoms with E-state index in [1.54, 1.807) is 4.90 Å². The first-order valence-corrected chi connectivity index (χ1v) is 12.9. The quantitative estimate of drug-likeness (QED) is 0.711. The Balaban J connectivity index is 1.38. The van der Waals surface area contributed by atoms with E-state index >= 15 is 0 Å². The molecule has 3 aliphatic rings. The van der Waals surface area contributed by atoms with Crippen molar-refractivity contribution in [1.82, 2.24) is 20.0 Å². The van der Waals surface area contributed by atoms with Gasteiger partial charge >= 0.3 is 12.1 Å². The minimum Gasteiger partial charge on any atom is -0.431 e. The number of cyclic esters (lactones) is 1. The second-order valence-electron chi connectivity index (χ2n) is 10.1. The molecule has 3 aliphatic heterocycles. The van der Waals surface area contributed by atoms with Crippen molar-refractivity contribution in [3.63, 3.8) is 0 Å². The zero-order valence-electron chi connectivity index (χ0n) is 20.8. The van der Waals surface area contributed by atoms with Crippen LogP contribution >= 0.6 is 0 Å². The lowest BCUT2D eigenvalue weighted by atomic mass is 9.78. The zero-order valence-corrected chi connectivity index (χ0v) is 20.8. The summed E-state index contributed by atoms with van der Waals surface area (Å²) in [7, 11) is 0. The number of ether oxygens (including phenoxy) is 1. The molecule has 3 amide bonds. The summed E-state index contributed by atoms with van der Waals surface area (Å²) >= 11 is 0. The van der Waals surface area contributed by atoms with Crippen LogP contribution in [0.5, 0.6) is 0 Å². The lowest BCUT2D eigenvalue weighted by Gasteiger charge is -2.42. The smallest absolute Gasteiger partial charge is 0.411 e. The van der Waals surface area contributed by atoms with Crippen LogP contribution in [0.3, 0.4) is 0 Å². The maximum atomic E-state index is 13.1. The van der Waals surface area contributed by atoms with Gasteiger partial charge in [-0.25, -0.2) is 9.59 Å². The highest BCUT2D eigenvalue weighted by molar-refractivity contribution is 5.77. The summed E-state index contributed by atoms with van der Waals surface area (Å²) in [6.45, 7) is 9.23. The van der Waals surface area contributed by atoms with Crippen molar-refractivity contribution in [2.45, 2.75) is 44.8 Å². The maximum absolute atomic E-state index is 13.1. The molecule has 5 rings (SSSR count). The molecule has 3 saturated heterocycles. The molecule has 0 spiro atoms. The fraction of sp³-hybridized carbons (Fsp3) is 0.500. The van der Waals surface area contributed by atoms with E-state index in [-0.39, 0.29) is 18.2 Å². The lowest BCUT2D eigenvalue weighted by Crippen LogP contribution is -2.60. The van der Waals surface area contributed by atoms with Gasteiger partial charge in [0.05, 0.1) is 0 Å². The van der Waals surface area contributed by atoms with Crippen LogP contribution in [-0.2, 0) is 10.3 Å². The Labute approximate surface area is 208 Å². The number of aryl methyl sites for hydroxylation is 2. The van der Waals surface area contributed by atoms with Crippen LogP contribution in [0.2, 0.25) is 0 Å². The van der Waals surface area contributed by atoms with Crippen molar-refractivity contribution in [1.29, 1.82) is 0 Å². The molecular formula is C28H36N4O3. The molecule has 0 aliphatic carbocycles. The Hall–Kier alpha value is -3.06. The Morgan fingerprint density at radius 3 is 2.11 bits per heavy atom. The number of rotatable bonds is 5. The number of benzene rings is 2. The minimum absolute atomic E-state index is 0.0669. The first-order valence-electron chi connectivity index (χ1n) is 12.9. The number of carbonyl (C=O) groups excluding carboxylic acids is 2. The lowest BCUT2D eigenvalue weighted by molar-refractivity contribution is 0.0511. The minimum atomic E-state index is -0.967. The predicted octanol–water partition coefficient (Wildman–Crippen LogP) is 3.88. The third-order valence-electron chi connectivity index (χ3n) is 7.73. The predicted molar refractivity (Wildman–Crippen MR) is 135 cm³/mol. The molecule has 7 nitrogen and oxygen atoms in total. The Kier molecular flexibility index (Phi) is 6.69. The molecule has 1 atom stereocenters. The SMILES string of the molecule is Cc1ccc(C2(c3ccc(C)cc3)OC(=O)N3CCN(C(=O)NCCN4CCCCC4)CC32)cc1. The van der Waals surface area contributed by atoms with Crippen LogP contribution in [-0.4, -0.2) is 78.7 Å². The number of amides is 3. The van der Waals surface area contributed by atoms with Crippen molar-refractivity contribution in [2.75, 3.05) is 45.8 Å². The van der Waals surface area contributed by atoms with Crippen LogP contribution < -0.4 is 5.32 Å². The molecule has 1 unspecified atom stereocenters. The number of carbonyl (C=O) groups is 2. The van der Waals surface area contributed by atoms with Crippen LogP contribution in [0, 0.1) is 13.8 Å². The van der Waals surface area contributed by atoms with Gasteiger partial charge in [-0.15, -0.1) is 0 Å². The van der Waals surface area contributed by atoms with Gasteiger partial charge in [0.2, 0.25) is 0 Å². The van der Waals surface area contributed by atoms with Crippen molar-refractivity contribution in [3.05, 3.63) is 70.8 Å². The fourth-order valence-electron chi connectivity index (χ4n) is 5.69. The summed E-state index contributed by atoms with van der Waals surface area (Å²) < 4.78 is 6.26. The van der Waals surface area contributed by atoms with Crippen LogP contribution in [0.25, 0.3) is 0 Å². The highest BCUT2D eigenvalue weighted by Crippen LogP contribution is 2.46. The van der Waals surface area contributed by atoms with E-state index in [1.165, 1.54) is 19.3 Å². The van der Waals surface area contributed by atoms with Gasteiger partial charge in [0.1, 0.15) is 6.04 Å². The molecule has 7 heteroatoms. The Morgan fingerprint density at radius 2 is 1.51 bits per heavy atom. The highest BCUT2D eigenvalue weighted by atomic mass is 16.6. The Morgan fingerprint density at radius 1 is 0.914 bits per heavy atom. The average molecular weight is 477 g/mol. The molecule has 186 valence electrons. The second-order valence-corrected chi connectivity index (χ2v) is 10.1. The van der Waals surface area contributed by atoms with E-state index in [0.717, 1.165) is 41.9 Å². The first kappa shape index (κ1) is 23.7. The highest BCUT2D eigenvalue weighted by Gasteiger charge is 2.58. The third-order valence-corrected chi connectivity index (χ3v) is 7.73. The summed E-state index contributed by atoms with van der Waals surface area (Å²) in [6, 6.07) is 16.0. The van der Waals surface area contributed by atoms with Crippen LogP contribution in [0.1, 0.15) is 41.5 Å². The van der Waals surface area contributed by atoms with Crippen molar-refractivity contribution in [3.8, 4) is 0 Å². The summed E-state index contributed by atoms with van der Waals surface area (Å²) in [5.41, 5.74) is 3.19. The molecule has 1 N–H and O–H groups in total. The molecule has 3 fully saturated rings. The number of piperidine rings is 1. The number of likely N-dealkylation sites (tertiary alicyclic amines) is 1. The number of nitrogens with zero attached hydrogens (tertiary/aromatic N) is 3. The van der Waals surface area contributed by atoms with Gasteiger partial charge in [-0.3, -0.25) is 4.90 Å². The van der Waals surface area contributed by atoms with Crippen molar-refractivity contribution >= 4 is 12.1 Å². The van der Waals surface area contributed by atoms with E-state index in [0.29, 0.717) is 26.2 Å². The van der Waals surface area contributed by atoms with E-state index in [9.17, 15) is 9.59 Å². The molecule has 0 radical (unpaired) electrons. The summed E-state index contributed by atoms with van der Waals surface area (Å²) in [4.78, 5) is 32.3. The van der Waals surface area contributed by atoms with Crippen LogP contribution in [0.4, 0.5) is 9.59 Å². The Bertz CT molecular complexity index is 1000. The van der Waals surface area contributed by atoms with Gasteiger partial charge in [-0.2, -0.15) is 0 Å². The van der Waals surface area contributed by atoms with E-state index in [1.807, 2.05) is 43.0 Å². The molecular weight excluding hydrogens is 440 g/mol.